The molecule has 9 heteroatoms. The van der Waals surface area contributed by atoms with E-state index in [2.05, 4.69) is 11.0 Å². The third-order valence-corrected chi connectivity index (χ3v) is 9.64. The number of amides is 1. The minimum Gasteiger partial charge on any atom is -0.497 e. The average Bonchev–Trinajstić information content (AvgIpc) is 3.67. The van der Waals surface area contributed by atoms with Gasteiger partial charge in [0.05, 0.1) is 19.4 Å². The van der Waals surface area contributed by atoms with E-state index in [0.717, 1.165) is 64.4 Å². The van der Waals surface area contributed by atoms with Gasteiger partial charge in [-0.05, 0) is 61.7 Å². The summed E-state index contributed by atoms with van der Waals surface area (Å²) in [5, 5.41) is -0.216. The number of para-hydroxylation sites is 1. The summed E-state index contributed by atoms with van der Waals surface area (Å²) in [5.41, 5.74) is 1.88. The van der Waals surface area contributed by atoms with E-state index >= 15 is 0 Å². The van der Waals surface area contributed by atoms with E-state index in [-0.39, 0.29) is 18.1 Å². The molecule has 1 aliphatic carbocycles. The molecule has 228 valence electrons. The van der Waals surface area contributed by atoms with E-state index in [4.69, 9.17) is 23.7 Å². The maximum absolute atomic E-state index is 12.8. The Morgan fingerprint density at radius 1 is 0.930 bits per heavy atom. The Bertz CT molecular complexity index is 1410. The summed E-state index contributed by atoms with van der Waals surface area (Å²) in [6.45, 7) is 4.86. The maximum Gasteiger partial charge on any atom is 0.231 e. The quantitative estimate of drug-likeness (QED) is 0.204. The van der Waals surface area contributed by atoms with Crippen LogP contribution in [0, 0.1) is 0 Å². The number of carbonyl (C=O) groups is 1. The standard InChI is InChI=1S/C34H40N2O6S/c1-24(37)36-29-11-6-7-12-33(29)43-34(36)28-21-26(38-2)13-15-30(28)40-19-8-17-35(25-9-4-3-5-10-25)18-20-39-27-14-16-31-32(22-27)42-23-41-31/h6-7,11-16,21-22,25,34H,3-5,8-10,17-20,23H2,1-2H3. The number of hydrogen-bond donors (Lipinski definition) is 0. The lowest BCUT2D eigenvalue weighted by Gasteiger charge is -2.34. The van der Waals surface area contributed by atoms with Crippen LogP contribution >= 0.6 is 11.8 Å². The molecule has 1 fully saturated rings. The second-order valence-electron chi connectivity index (χ2n) is 11.1. The number of ether oxygens (including phenoxy) is 5. The number of anilines is 1. The maximum atomic E-state index is 12.8. The average molecular weight is 605 g/mol. The Labute approximate surface area is 258 Å². The highest BCUT2D eigenvalue weighted by atomic mass is 32.2. The predicted molar refractivity (Wildman–Crippen MR) is 168 cm³/mol. The number of nitrogens with zero attached hydrogens (tertiary/aromatic N) is 2. The van der Waals surface area contributed by atoms with Crippen molar-refractivity contribution in [2.75, 3.05) is 45.1 Å². The minimum absolute atomic E-state index is 0.00214. The number of benzene rings is 3. The molecule has 0 N–H and O–H groups in total. The fraction of sp³-hybridized carbons (Fsp3) is 0.441. The van der Waals surface area contributed by atoms with Gasteiger partial charge < -0.3 is 23.7 Å². The fourth-order valence-electron chi connectivity index (χ4n) is 6.19. The lowest BCUT2D eigenvalue weighted by Crippen LogP contribution is -2.40. The number of hydrogen-bond acceptors (Lipinski definition) is 8. The molecular weight excluding hydrogens is 564 g/mol. The molecule has 0 spiro atoms. The lowest BCUT2D eigenvalue weighted by molar-refractivity contribution is -0.116. The molecule has 1 atom stereocenters. The van der Waals surface area contributed by atoms with Crippen molar-refractivity contribution in [1.29, 1.82) is 0 Å². The lowest BCUT2D eigenvalue weighted by atomic mass is 9.94. The van der Waals surface area contributed by atoms with Crippen LogP contribution in [0.2, 0.25) is 0 Å². The van der Waals surface area contributed by atoms with Crippen LogP contribution < -0.4 is 28.6 Å². The summed E-state index contributed by atoms with van der Waals surface area (Å²) in [7, 11) is 1.66. The Morgan fingerprint density at radius 2 is 1.74 bits per heavy atom. The molecule has 1 saturated carbocycles. The molecule has 1 unspecified atom stereocenters. The highest BCUT2D eigenvalue weighted by Gasteiger charge is 2.36. The normalized spacial score (nSPS) is 17.7. The van der Waals surface area contributed by atoms with Crippen LogP contribution in [-0.2, 0) is 4.79 Å². The summed E-state index contributed by atoms with van der Waals surface area (Å²) in [5.74, 6) is 3.84. The fourth-order valence-corrected chi connectivity index (χ4v) is 7.55. The summed E-state index contributed by atoms with van der Waals surface area (Å²) in [6.07, 6.45) is 7.23. The van der Waals surface area contributed by atoms with Crippen molar-refractivity contribution in [2.45, 2.75) is 61.8 Å². The van der Waals surface area contributed by atoms with Gasteiger partial charge >= 0.3 is 0 Å². The van der Waals surface area contributed by atoms with Gasteiger partial charge in [-0.1, -0.05) is 43.2 Å². The molecule has 3 aromatic rings. The minimum atomic E-state index is -0.216. The van der Waals surface area contributed by atoms with Gasteiger partial charge in [0.25, 0.3) is 0 Å². The van der Waals surface area contributed by atoms with Crippen LogP contribution in [0.15, 0.2) is 65.6 Å². The zero-order valence-electron chi connectivity index (χ0n) is 25.0. The van der Waals surface area contributed by atoms with Crippen LogP contribution in [-0.4, -0.2) is 57.1 Å². The number of carbonyl (C=O) groups excluding carboxylic acids is 1. The first-order valence-corrected chi connectivity index (χ1v) is 16.1. The van der Waals surface area contributed by atoms with Crippen molar-refractivity contribution in [1.82, 2.24) is 4.90 Å². The molecule has 6 rings (SSSR count). The SMILES string of the molecule is COc1ccc(OCCCN(CCOc2ccc3c(c2)OCO3)C2CCCCC2)c(C2Sc3ccccc3N2C(C)=O)c1. The van der Waals surface area contributed by atoms with Crippen molar-refractivity contribution < 1.29 is 28.5 Å². The first-order valence-electron chi connectivity index (χ1n) is 15.2. The first kappa shape index (κ1) is 29.5. The van der Waals surface area contributed by atoms with Gasteiger partial charge in [0, 0.05) is 42.6 Å². The Balaban J connectivity index is 1.09. The summed E-state index contributed by atoms with van der Waals surface area (Å²) < 4.78 is 29.0. The molecule has 43 heavy (non-hydrogen) atoms. The van der Waals surface area contributed by atoms with E-state index in [1.165, 1.54) is 32.1 Å². The van der Waals surface area contributed by atoms with E-state index in [0.29, 0.717) is 19.3 Å². The monoisotopic (exact) mass is 604 g/mol. The molecule has 0 saturated heterocycles. The molecule has 8 nitrogen and oxygen atoms in total. The summed E-state index contributed by atoms with van der Waals surface area (Å²) in [4.78, 5) is 18.3. The molecule has 1 amide bonds. The number of fused-ring (bicyclic) bond motifs is 2. The number of thioether (sulfide) groups is 1. The summed E-state index contributed by atoms with van der Waals surface area (Å²) >= 11 is 1.67. The van der Waals surface area contributed by atoms with Gasteiger partial charge in [0.2, 0.25) is 12.7 Å². The van der Waals surface area contributed by atoms with Gasteiger partial charge in [0.1, 0.15) is 29.2 Å². The molecule has 2 heterocycles. The van der Waals surface area contributed by atoms with E-state index < -0.39 is 0 Å². The predicted octanol–water partition coefficient (Wildman–Crippen LogP) is 7.06. The van der Waals surface area contributed by atoms with Crippen molar-refractivity contribution in [3.63, 3.8) is 0 Å². The topological polar surface area (TPSA) is 69.7 Å². The van der Waals surface area contributed by atoms with Gasteiger partial charge in [-0.2, -0.15) is 0 Å². The van der Waals surface area contributed by atoms with Crippen molar-refractivity contribution >= 4 is 23.4 Å². The Hall–Kier alpha value is -3.56. The molecule has 3 aromatic carbocycles. The van der Waals surface area contributed by atoms with Crippen molar-refractivity contribution in [3.05, 3.63) is 66.2 Å². The number of rotatable bonds is 12. The van der Waals surface area contributed by atoms with Crippen molar-refractivity contribution in [3.8, 4) is 28.7 Å². The van der Waals surface area contributed by atoms with Crippen LogP contribution in [0.25, 0.3) is 0 Å². The first-order chi connectivity index (χ1) is 21.1. The smallest absolute Gasteiger partial charge is 0.231 e. The van der Waals surface area contributed by atoms with Crippen LogP contribution in [0.5, 0.6) is 28.7 Å². The van der Waals surface area contributed by atoms with Gasteiger partial charge in [-0.15, -0.1) is 0 Å². The van der Waals surface area contributed by atoms with Gasteiger partial charge in [-0.25, -0.2) is 0 Å². The Morgan fingerprint density at radius 3 is 2.58 bits per heavy atom. The molecule has 0 aromatic heterocycles. The van der Waals surface area contributed by atoms with Gasteiger partial charge in [-0.3, -0.25) is 14.6 Å². The largest absolute Gasteiger partial charge is 0.497 e. The van der Waals surface area contributed by atoms with E-state index in [9.17, 15) is 4.79 Å². The Kier molecular flexibility index (Phi) is 9.48. The molecule has 0 bridgehead atoms. The highest BCUT2D eigenvalue weighted by Crippen LogP contribution is 2.53. The summed E-state index contributed by atoms with van der Waals surface area (Å²) in [6, 6.07) is 20.2. The molecule has 2 aliphatic heterocycles. The zero-order chi connectivity index (χ0) is 29.6. The van der Waals surface area contributed by atoms with Gasteiger partial charge in [0.15, 0.2) is 11.5 Å². The number of methoxy groups -OCH3 is 1. The second kappa shape index (κ2) is 13.8. The highest BCUT2D eigenvalue weighted by molar-refractivity contribution is 8.00. The van der Waals surface area contributed by atoms with Crippen LogP contribution in [0.1, 0.15) is 56.4 Å². The second-order valence-corrected chi connectivity index (χ2v) is 12.2. The zero-order valence-corrected chi connectivity index (χ0v) is 25.8. The third-order valence-electron chi connectivity index (χ3n) is 8.35. The van der Waals surface area contributed by atoms with E-state index in [1.807, 2.05) is 59.5 Å². The third kappa shape index (κ3) is 6.83. The molecule has 3 aliphatic rings. The van der Waals surface area contributed by atoms with E-state index in [1.54, 1.807) is 25.8 Å². The molecule has 0 radical (unpaired) electrons. The van der Waals surface area contributed by atoms with Crippen molar-refractivity contribution in [2.24, 2.45) is 0 Å². The van der Waals surface area contributed by atoms with Crippen LogP contribution in [0.4, 0.5) is 5.69 Å². The molecular formula is C34H40N2O6S. The van der Waals surface area contributed by atoms with Crippen LogP contribution in [0.3, 0.4) is 0 Å².